The summed E-state index contributed by atoms with van der Waals surface area (Å²) in [6.45, 7) is 6.67. The summed E-state index contributed by atoms with van der Waals surface area (Å²) >= 11 is 0. The minimum atomic E-state index is -3.70. The second-order valence-corrected chi connectivity index (χ2v) is 7.92. The third kappa shape index (κ3) is 4.17. The first-order valence-electron chi connectivity index (χ1n) is 7.43. The van der Waals surface area contributed by atoms with Crippen LogP contribution in [-0.2, 0) is 10.0 Å². The van der Waals surface area contributed by atoms with Crippen molar-refractivity contribution in [1.29, 1.82) is 0 Å². The summed E-state index contributed by atoms with van der Waals surface area (Å²) in [7, 11) is -3.70. The minimum Gasteiger partial charge on any atom is -0.474 e. The summed E-state index contributed by atoms with van der Waals surface area (Å²) in [5, 5.41) is 5.06. The van der Waals surface area contributed by atoms with Gasteiger partial charge in [-0.1, -0.05) is 27.2 Å². The van der Waals surface area contributed by atoms with Gasteiger partial charge in [0.15, 0.2) is 0 Å². The molecule has 0 aromatic carbocycles. The number of hydrogen-bond donors (Lipinski definition) is 1. The van der Waals surface area contributed by atoms with Crippen LogP contribution in [0.4, 0.5) is 0 Å². The molecule has 0 spiro atoms. The van der Waals surface area contributed by atoms with Crippen molar-refractivity contribution in [3.8, 4) is 5.88 Å². The van der Waals surface area contributed by atoms with Crippen LogP contribution in [0, 0.1) is 17.8 Å². The summed E-state index contributed by atoms with van der Waals surface area (Å²) < 4.78 is 28.5. The van der Waals surface area contributed by atoms with E-state index in [9.17, 15) is 8.42 Å². The smallest absolute Gasteiger partial charge is 0.239 e. The Morgan fingerprint density at radius 2 is 2.05 bits per heavy atom. The first kappa shape index (κ1) is 16.2. The Bertz CT molecular complexity index is 569. The van der Waals surface area contributed by atoms with Gasteiger partial charge < -0.3 is 4.74 Å². The Kier molecular flexibility index (Phi) is 4.88. The molecule has 1 heterocycles. The third-order valence-electron chi connectivity index (χ3n) is 4.27. The molecular formula is C15H24N2O3S. The van der Waals surface area contributed by atoms with Gasteiger partial charge in [0.2, 0.25) is 15.9 Å². The highest BCUT2D eigenvalue weighted by atomic mass is 32.2. The number of primary sulfonamides is 1. The van der Waals surface area contributed by atoms with Crippen molar-refractivity contribution < 1.29 is 13.2 Å². The summed E-state index contributed by atoms with van der Waals surface area (Å²) in [4.78, 5) is 4.08. The Hall–Kier alpha value is -1.14. The molecule has 1 aliphatic rings. The molecule has 0 aliphatic heterocycles. The van der Waals surface area contributed by atoms with Crippen molar-refractivity contribution in [3.05, 3.63) is 18.3 Å². The summed E-state index contributed by atoms with van der Waals surface area (Å²) in [5.41, 5.74) is 0. The second kappa shape index (κ2) is 6.32. The van der Waals surface area contributed by atoms with Crippen LogP contribution in [-0.4, -0.2) is 19.5 Å². The summed E-state index contributed by atoms with van der Waals surface area (Å²) in [6, 6.07) is 3.02. The molecule has 3 unspecified atom stereocenters. The number of aromatic nitrogens is 1. The lowest BCUT2D eigenvalue weighted by Gasteiger charge is -2.37. The topological polar surface area (TPSA) is 82.3 Å². The van der Waals surface area contributed by atoms with Crippen LogP contribution in [0.5, 0.6) is 5.88 Å². The quantitative estimate of drug-likeness (QED) is 0.926. The molecule has 0 bridgehead atoms. The van der Waals surface area contributed by atoms with Crippen LogP contribution in [0.2, 0.25) is 0 Å². The molecule has 1 aliphatic carbocycles. The van der Waals surface area contributed by atoms with Crippen molar-refractivity contribution in [3.63, 3.8) is 0 Å². The van der Waals surface area contributed by atoms with Crippen molar-refractivity contribution in [2.75, 3.05) is 0 Å². The predicted octanol–water partition coefficient (Wildman–Crippen LogP) is 2.57. The third-order valence-corrected chi connectivity index (χ3v) is 5.17. The lowest BCUT2D eigenvalue weighted by molar-refractivity contribution is 0.0426. The van der Waals surface area contributed by atoms with Crippen LogP contribution in [0.1, 0.15) is 40.0 Å². The average molecular weight is 312 g/mol. The Morgan fingerprint density at radius 3 is 2.57 bits per heavy atom. The number of rotatable bonds is 4. The van der Waals surface area contributed by atoms with Crippen LogP contribution >= 0.6 is 0 Å². The molecule has 0 radical (unpaired) electrons. The molecule has 2 N–H and O–H groups in total. The lowest BCUT2D eigenvalue weighted by atomic mass is 9.75. The fourth-order valence-electron chi connectivity index (χ4n) is 3.01. The van der Waals surface area contributed by atoms with Gasteiger partial charge >= 0.3 is 0 Å². The zero-order chi connectivity index (χ0) is 15.6. The first-order valence-corrected chi connectivity index (χ1v) is 8.97. The Balaban J connectivity index is 2.11. The maximum Gasteiger partial charge on any atom is 0.239 e. The van der Waals surface area contributed by atoms with E-state index in [0.717, 1.165) is 6.42 Å². The molecule has 6 heteroatoms. The van der Waals surface area contributed by atoms with Crippen LogP contribution in [0.25, 0.3) is 0 Å². The van der Waals surface area contributed by atoms with E-state index in [1.54, 1.807) is 6.07 Å². The van der Waals surface area contributed by atoms with E-state index in [-0.39, 0.29) is 11.0 Å². The highest BCUT2D eigenvalue weighted by molar-refractivity contribution is 7.89. The standard InChI is InChI=1S/C15H24N2O3S/c1-10(2)13-6-4-11(3)8-14(13)20-15-7-5-12(9-17-15)21(16,18)19/h5,7,9-11,13-14H,4,6,8H2,1-3H3,(H2,16,18,19). The van der Waals surface area contributed by atoms with Crippen molar-refractivity contribution in [1.82, 2.24) is 4.98 Å². The van der Waals surface area contributed by atoms with Crippen molar-refractivity contribution >= 4 is 10.0 Å². The predicted molar refractivity (Wildman–Crippen MR) is 81.4 cm³/mol. The van der Waals surface area contributed by atoms with E-state index < -0.39 is 10.0 Å². The van der Waals surface area contributed by atoms with Gasteiger partial charge in [-0.3, -0.25) is 0 Å². The molecule has 1 saturated carbocycles. The van der Waals surface area contributed by atoms with Gasteiger partial charge in [-0.25, -0.2) is 18.5 Å². The highest BCUT2D eigenvalue weighted by Crippen LogP contribution is 2.35. The summed E-state index contributed by atoms with van der Waals surface area (Å²) in [5.74, 6) is 2.19. The van der Waals surface area contributed by atoms with Gasteiger partial charge in [0, 0.05) is 6.07 Å². The van der Waals surface area contributed by atoms with Gasteiger partial charge in [0.05, 0.1) is 6.20 Å². The van der Waals surface area contributed by atoms with E-state index in [1.165, 1.54) is 25.1 Å². The van der Waals surface area contributed by atoms with Gasteiger partial charge in [-0.05, 0) is 36.7 Å². The normalized spacial score (nSPS) is 26.8. The molecule has 0 saturated heterocycles. The number of nitrogens with two attached hydrogens (primary N) is 1. The zero-order valence-corrected chi connectivity index (χ0v) is 13.6. The molecule has 21 heavy (non-hydrogen) atoms. The second-order valence-electron chi connectivity index (χ2n) is 6.36. The zero-order valence-electron chi connectivity index (χ0n) is 12.8. The first-order chi connectivity index (χ1) is 9.77. The van der Waals surface area contributed by atoms with Crippen LogP contribution in [0.3, 0.4) is 0 Å². The van der Waals surface area contributed by atoms with Gasteiger partial charge in [-0.2, -0.15) is 0 Å². The molecule has 118 valence electrons. The average Bonchev–Trinajstić information content (AvgIpc) is 2.38. The minimum absolute atomic E-state index is 0.00673. The molecule has 5 nitrogen and oxygen atoms in total. The van der Waals surface area contributed by atoms with Crippen LogP contribution < -0.4 is 9.88 Å². The number of hydrogen-bond acceptors (Lipinski definition) is 4. The maximum atomic E-state index is 11.2. The van der Waals surface area contributed by atoms with E-state index >= 15 is 0 Å². The fourth-order valence-corrected chi connectivity index (χ4v) is 3.47. The fraction of sp³-hybridized carbons (Fsp3) is 0.667. The molecule has 1 aromatic rings. The van der Waals surface area contributed by atoms with E-state index in [1.807, 2.05) is 0 Å². The SMILES string of the molecule is CC1CCC(C(C)C)C(Oc2ccc(S(N)(=O)=O)cn2)C1. The maximum absolute atomic E-state index is 11.2. The lowest BCUT2D eigenvalue weighted by Crippen LogP contribution is -2.36. The molecule has 3 atom stereocenters. The van der Waals surface area contributed by atoms with Crippen molar-refractivity contribution in [2.24, 2.45) is 22.9 Å². The Labute approximate surface area is 127 Å². The van der Waals surface area contributed by atoms with Gasteiger partial charge in [-0.15, -0.1) is 0 Å². The molecule has 0 amide bonds. The number of pyridine rings is 1. The van der Waals surface area contributed by atoms with E-state index in [4.69, 9.17) is 9.88 Å². The number of nitrogens with zero attached hydrogens (tertiary/aromatic N) is 1. The van der Waals surface area contributed by atoms with E-state index in [2.05, 4.69) is 25.8 Å². The van der Waals surface area contributed by atoms with E-state index in [0.29, 0.717) is 23.6 Å². The largest absolute Gasteiger partial charge is 0.474 e. The van der Waals surface area contributed by atoms with Crippen molar-refractivity contribution in [2.45, 2.75) is 51.0 Å². The van der Waals surface area contributed by atoms with Gasteiger partial charge in [0.1, 0.15) is 11.0 Å². The Morgan fingerprint density at radius 1 is 1.33 bits per heavy atom. The van der Waals surface area contributed by atoms with Crippen LogP contribution in [0.15, 0.2) is 23.2 Å². The molecule has 1 fully saturated rings. The number of sulfonamides is 1. The number of ether oxygens (including phenoxy) is 1. The molecule has 1 aromatic heterocycles. The van der Waals surface area contributed by atoms with Gasteiger partial charge in [0.25, 0.3) is 0 Å². The monoisotopic (exact) mass is 312 g/mol. The summed E-state index contributed by atoms with van der Waals surface area (Å²) in [6.07, 6.45) is 4.81. The molecular weight excluding hydrogens is 288 g/mol. The highest BCUT2D eigenvalue weighted by Gasteiger charge is 2.32. The molecule has 2 rings (SSSR count).